The molecule has 1 aromatic carbocycles. The molecule has 0 bridgehead atoms. The van der Waals surface area contributed by atoms with Crippen LogP contribution in [-0.2, 0) is 14.3 Å². The molecule has 3 nitrogen and oxygen atoms in total. The molecule has 0 aliphatic carbocycles. The zero-order chi connectivity index (χ0) is 11.9. The third-order valence-electron chi connectivity index (χ3n) is 1.99. The van der Waals surface area contributed by atoms with Gasteiger partial charge in [-0.15, -0.1) is 12.3 Å². The van der Waals surface area contributed by atoms with Gasteiger partial charge in [0.15, 0.2) is 0 Å². The molecule has 0 radical (unpaired) electrons. The first-order chi connectivity index (χ1) is 7.67. The van der Waals surface area contributed by atoms with Gasteiger partial charge in [-0.25, -0.2) is 0 Å². The van der Waals surface area contributed by atoms with E-state index in [1.165, 1.54) is 12.1 Å². The van der Waals surface area contributed by atoms with Crippen molar-refractivity contribution in [1.29, 1.82) is 0 Å². The maximum absolute atomic E-state index is 11.6. The Balaban J connectivity index is 2.45. The van der Waals surface area contributed by atoms with Gasteiger partial charge >= 0.3 is 0 Å². The van der Waals surface area contributed by atoms with E-state index in [1.54, 1.807) is 18.2 Å². The van der Waals surface area contributed by atoms with Crippen molar-refractivity contribution in [3.63, 3.8) is 0 Å². The van der Waals surface area contributed by atoms with Crippen LogP contribution < -0.4 is 0 Å². The second-order valence-electron chi connectivity index (χ2n) is 3.25. The van der Waals surface area contributed by atoms with Crippen LogP contribution in [0.2, 0.25) is 0 Å². The van der Waals surface area contributed by atoms with Gasteiger partial charge in [-0.2, -0.15) is 8.42 Å². The molecule has 0 atom stereocenters. The average Bonchev–Trinajstić information content (AvgIpc) is 2.30. The topological polar surface area (TPSA) is 43.4 Å². The van der Waals surface area contributed by atoms with Crippen LogP contribution in [0, 0.1) is 12.3 Å². The van der Waals surface area contributed by atoms with E-state index in [-0.39, 0.29) is 11.5 Å². The highest BCUT2D eigenvalue weighted by Crippen LogP contribution is 2.11. The Labute approximate surface area is 96.6 Å². The summed E-state index contributed by atoms with van der Waals surface area (Å²) >= 11 is 0. The van der Waals surface area contributed by atoms with Gasteiger partial charge in [-0.1, -0.05) is 18.2 Å². The molecule has 4 heteroatoms. The van der Waals surface area contributed by atoms with Gasteiger partial charge in [-0.05, 0) is 25.0 Å². The highest BCUT2D eigenvalue weighted by Gasteiger charge is 2.13. The van der Waals surface area contributed by atoms with Gasteiger partial charge in [0.25, 0.3) is 10.1 Å². The van der Waals surface area contributed by atoms with E-state index in [1.807, 2.05) is 0 Å². The summed E-state index contributed by atoms with van der Waals surface area (Å²) in [4.78, 5) is 0.187. The summed E-state index contributed by atoms with van der Waals surface area (Å²) in [5.74, 6) is 2.49. The maximum Gasteiger partial charge on any atom is 0.296 e. The van der Waals surface area contributed by atoms with Crippen molar-refractivity contribution in [2.24, 2.45) is 0 Å². The van der Waals surface area contributed by atoms with Gasteiger partial charge in [0.05, 0.1) is 11.5 Å². The molecular formula is C12H14O3S. The molecule has 0 amide bonds. The lowest BCUT2D eigenvalue weighted by molar-refractivity contribution is 0.309. The number of benzene rings is 1. The van der Waals surface area contributed by atoms with Crippen LogP contribution in [-0.4, -0.2) is 15.0 Å². The molecule has 86 valence electrons. The van der Waals surface area contributed by atoms with E-state index >= 15 is 0 Å². The quantitative estimate of drug-likeness (QED) is 0.433. The second kappa shape index (κ2) is 6.31. The van der Waals surface area contributed by atoms with Crippen LogP contribution in [0.3, 0.4) is 0 Å². The summed E-state index contributed by atoms with van der Waals surface area (Å²) in [7, 11) is -3.60. The monoisotopic (exact) mass is 238 g/mol. The highest BCUT2D eigenvalue weighted by atomic mass is 32.2. The lowest BCUT2D eigenvalue weighted by Gasteiger charge is -2.04. The Morgan fingerprint density at radius 3 is 2.50 bits per heavy atom. The van der Waals surface area contributed by atoms with Crippen molar-refractivity contribution >= 4 is 10.1 Å². The number of rotatable bonds is 6. The Morgan fingerprint density at radius 1 is 1.19 bits per heavy atom. The van der Waals surface area contributed by atoms with E-state index in [4.69, 9.17) is 10.6 Å². The summed E-state index contributed by atoms with van der Waals surface area (Å²) in [6, 6.07) is 8.10. The predicted molar refractivity (Wildman–Crippen MR) is 62.3 cm³/mol. The minimum Gasteiger partial charge on any atom is -0.266 e. The van der Waals surface area contributed by atoms with Crippen LogP contribution in [0.5, 0.6) is 0 Å². The molecule has 0 saturated heterocycles. The van der Waals surface area contributed by atoms with Crippen molar-refractivity contribution in [2.45, 2.75) is 24.2 Å². The molecule has 16 heavy (non-hydrogen) atoms. The molecule has 0 unspecified atom stereocenters. The lowest BCUT2D eigenvalue weighted by Crippen LogP contribution is -2.07. The average molecular weight is 238 g/mol. The first kappa shape index (κ1) is 12.8. The largest absolute Gasteiger partial charge is 0.296 e. The van der Waals surface area contributed by atoms with Gasteiger partial charge in [0, 0.05) is 6.42 Å². The lowest BCUT2D eigenvalue weighted by atomic mass is 10.2. The first-order valence-corrected chi connectivity index (χ1v) is 6.45. The van der Waals surface area contributed by atoms with E-state index in [0.29, 0.717) is 12.8 Å². The van der Waals surface area contributed by atoms with E-state index in [9.17, 15) is 8.42 Å². The molecular weight excluding hydrogens is 224 g/mol. The molecule has 1 aromatic rings. The van der Waals surface area contributed by atoms with Gasteiger partial charge in [0.1, 0.15) is 0 Å². The summed E-state index contributed by atoms with van der Waals surface area (Å²) in [6.07, 6.45) is 7.15. The van der Waals surface area contributed by atoms with Crippen LogP contribution in [0.15, 0.2) is 35.2 Å². The molecule has 0 saturated carbocycles. The zero-order valence-electron chi connectivity index (χ0n) is 8.93. The predicted octanol–water partition coefficient (Wildman–Crippen LogP) is 2.20. The normalized spacial score (nSPS) is 10.9. The van der Waals surface area contributed by atoms with E-state index < -0.39 is 10.1 Å². The van der Waals surface area contributed by atoms with Crippen LogP contribution in [0.25, 0.3) is 0 Å². The van der Waals surface area contributed by atoms with Crippen molar-refractivity contribution < 1.29 is 12.6 Å². The minimum absolute atomic E-state index is 0.179. The molecule has 0 fully saturated rings. The number of hydrogen-bond donors (Lipinski definition) is 0. The van der Waals surface area contributed by atoms with Gasteiger partial charge in [0.2, 0.25) is 0 Å². The fraction of sp³-hybridized carbons (Fsp3) is 0.333. The smallest absolute Gasteiger partial charge is 0.266 e. The van der Waals surface area contributed by atoms with Crippen molar-refractivity contribution in [3.8, 4) is 12.3 Å². The number of hydrogen-bond acceptors (Lipinski definition) is 3. The van der Waals surface area contributed by atoms with E-state index in [0.717, 1.165) is 6.42 Å². The Hall–Kier alpha value is -1.31. The third-order valence-corrected chi connectivity index (χ3v) is 3.31. The molecule has 0 N–H and O–H groups in total. The molecule has 0 aromatic heterocycles. The number of terminal acetylenes is 1. The van der Waals surface area contributed by atoms with Crippen molar-refractivity contribution in [1.82, 2.24) is 0 Å². The van der Waals surface area contributed by atoms with Crippen molar-refractivity contribution in [3.05, 3.63) is 30.3 Å². The number of unbranched alkanes of at least 4 members (excludes halogenated alkanes) is 2. The first-order valence-electron chi connectivity index (χ1n) is 5.05. The van der Waals surface area contributed by atoms with E-state index in [2.05, 4.69) is 5.92 Å². The Kier molecular flexibility index (Phi) is 5.03. The fourth-order valence-electron chi connectivity index (χ4n) is 1.15. The Morgan fingerprint density at radius 2 is 1.88 bits per heavy atom. The maximum atomic E-state index is 11.6. The van der Waals surface area contributed by atoms with Crippen molar-refractivity contribution in [2.75, 3.05) is 6.61 Å². The highest BCUT2D eigenvalue weighted by molar-refractivity contribution is 7.86. The summed E-state index contributed by atoms with van der Waals surface area (Å²) in [5, 5.41) is 0. The molecule has 0 spiro atoms. The van der Waals surface area contributed by atoms with Crippen LogP contribution in [0.1, 0.15) is 19.3 Å². The Bertz CT molecular complexity index is 443. The summed E-state index contributed by atoms with van der Waals surface area (Å²) in [5.41, 5.74) is 0. The fourth-order valence-corrected chi connectivity index (χ4v) is 2.12. The van der Waals surface area contributed by atoms with Crippen LogP contribution in [0.4, 0.5) is 0 Å². The molecule has 0 aliphatic heterocycles. The van der Waals surface area contributed by atoms with Gasteiger partial charge in [-0.3, -0.25) is 4.18 Å². The molecule has 0 aliphatic rings. The second-order valence-corrected chi connectivity index (χ2v) is 4.87. The third kappa shape index (κ3) is 4.05. The molecule has 0 heterocycles. The minimum atomic E-state index is -3.60. The SMILES string of the molecule is C#CCCCCOS(=O)(=O)c1ccccc1. The zero-order valence-corrected chi connectivity index (χ0v) is 9.74. The summed E-state index contributed by atoms with van der Waals surface area (Å²) < 4.78 is 28.1. The van der Waals surface area contributed by atoms with Crippen LogP contribution >= 0.6 is 0 Å². The standard InChI is InChI=1S/C12H14O3S/c1-2-3-4-8-11-15-16(13,14)12-9-6-5-7-10-12/h1,5-7,9-10H,3-4,8,11H2. The van der Waals surface area contributed by atoms with Gasteiger partial charge < -0.3 is 0 Å². The summed E-state index contributed by atoms with van der Waals surface area (Å²) in [6.45, 7) is 0.179. The molecule has 1 rings (SSSR count).